The van der Waals surface area contributed by atoms with Crippen molar-refractivity contribution >= 4 is 17.4 Å². The minimum absolute atomic E-state index is 0.225. The molecular weight excluding hydrogens is 244 g/mol. The molecule has 0 saturated heterocycles. The van der Waals surface area contributed by atoms with E-state index >= 15 is 0 Å². The maximum atomic E-state index is 12.0. The topological polar surface area (TPSA) is 63.4 Å². The smallest absolute Gasteiger partial charge is 0.299 e. The molecule has 5 nitrogen and oxygen atoms in total. The van der Waals surface area contributed by atoms with Crippen molar-refractivity contribution in [3.63, 3.8) is 0 Å². The van der Waals surface area contributed by atoms with Gasteiger partial charge in [-0.1, -0.05) is 17.3 Å². The first kappa shape index (κ1) is 11.6. The van der Waals surface area contributed by atoms with Gasteiger partial charge in [0.2, 0.25) is 0 Å². The molecule has 0 fully saturated rings. The van der Waals surface area contributed by atoms with Crippen molar-refractivity contribution in [2.24, 2.45) is 0 Å². The molecule has 2 aromatic rings. The molecule has 1 amide bonds. The number of aromatic nitrogens is 1. The number of carbonyl (C=O) groups is 2. The molecule has 1 aromatic heterocycles. The lowest BCUT2D eigenvalue weighted by Crippen LogP contribution is -2.29. The van der Waals surface area contributed by atoms with Crippen LogP contribution in [0.25, 0.3) is 0 Å². The summed E-state index contributed by atoms with van der Waals surface area (Å²) in [4.78, 5) is 25.4. The number of fused-ring (bicyclic) bond motifs is 1. The van der Waals surface area contributed by atoms with E-state index in [0.717, 1.165) is 11.3 Å². The third-order valence-corrected chi connectivity index (χ3v) is 3.18. The summed E-state index contributed by atoms with van der Waals surface area (Å²) in [6.07, 6.45) is 0. The summed E-state index contributed by atoms with van der Waals surface area (Å²) in [6.45, 7) is 3.91. The number of carbonyl (C=O) groups excluding carboxylic acids is 2. The zero-order valence-corrected chi connectivity index (χ0v) is 10.6. The molecule has 0 atom stereocenters. The summed E-state index contributed by atoms with van der Waals surface area (Å²) in [7, 11) is 0. The van der Waals surface area contributed by atoms with E-state index in [9.17, 15) is 9.59 Å². The molecule has 0 spiro atoms. The summed E-state index contributed by atoms with van der Waals surface area (Å²) in [5.74, 6) is -0.414. The van der Waals surface area contributed by atoms with Gasteiger partial charge in [-0.15, -0.1) is 0 Å². The molecule has 19 heavy (non-hydrogen) atoms. The highest BCUT2D eigenvalue weighted by Gasteiger charge is 2.37. The summed E-state index contributed by atoms with van der Waals surface area (Å²) in [5, 5.41) is 3.78. The van der Waals surface area contributed by atoms with E-state index in [2.05, 4.69) is 5.16 Å². The van der Waals surface area contributed by atoms with Crippen molar-refractivity contribution in [2.75, 3.05) is 4.90 Å². The zero-order chi connectivity index (χ0) is 13.6. The minimum atomic E-state index is -0.515. The fourth-order valence-electron chi connectivity index (χ4n) is 2.34. The number of hydrogen-bond acceptors (Lipinski definition) is 4. The maximum absolute atomic E-state index is 12.0. The van der Waals surface area contributed by atoms with E-state index in [0.29, 0.717) is 17.0 Å². The van der Waals surface area contributed by atoms with Crippen LogP contribution in [0.15, 0.2) is 28.8 Å². The lowest BCUT2D eigenvalue weighted by Gasteiger charge is -2.16. The Bertz CT molecular complexity index is 688. The van der Waals surface area contributed by atoms with Gasteiger partial charge in [-0.25, -0.2) is 0 Å². The number of benzene rings is 1. The van der Waals surface area contributed by atoms with Crippen LogP contribution in [0.2, 0.25) is 0 Å². The van der Waals surface area contributed by atoms with Crippen LogP contribution in [0.5, 0.6) is 0 Å². The highest BCUT2D eigenvalue weighted by Crippen LogP contribution is 2.33. The first-order valence-corrected chi connectivity index (χ1v) is 5.96. The molecule has 0 N–H and O–H groups in total. The van der Waals surface area contributed by atoms with Crippen LogP contribution in [0.3, 0.4) is 0 Å². The van der Waals surface area contributed by atoms with E-state index in [1.165, 1.54) is 4.90 Å². The lowest BCUT2D eigenvalue weighted by molar-refractivity contribution is -0.114. The average Bonchev–Trinajstić information content (AvgIpc) is 2.89. The Hall–Kier alpha value is -2.43. The number of aryl methyl sites for hydroxylation is 2. The average molecular weight is 256 g/mol. The van der Waals surface area contributed by atoms with Gasteiger partial charge in [-0.05, 0) is 25.5 Å². The summed E-state index contributed by atoms with van der Waals surface area (Å²) < 4.78 is 5.11. The van der Waals surface area contributed by atoms with Gasteiger partial charge in [0.1, 0.15) is 0 Å². The number of rotatable bonds is 2. The Morgan fingerprint density at radius 1 is 1.26 bits per heavy atom. The summed E-state index contributed by atoms with van der Waals surface area (Å²) >= 11 is 0. The van der Waals surface area contributed by atoms with Gasteiger partial charge in [0.25, 0.3) is 11.7 Å². The SMILES string of the molecule is Cc1cc(CN2C(=O)C(=O)c3cccc(C)c32)on1. The van der Waals surface area contributed by atoms with Gasteiger partial charge in [0, 0.05) is 6.07 Å². The van der Waals surface area contributed by atoms with E-state index in [-0.39, 0.29) is 6.54 Å². The Balaban J connectivity index is 2.04. The molecule has 0 unspecified atom stereocenters. The second-order valence-electron chi connectivity index (χ2n) is 4.63. The van der Waals surface area contributed by atoms with Crippen molar-refractivity contribution in [1.82, 2.24) is 5.16 Å². The molecule has 0 saturated carbocycles. The fraction of sp³-hybridized carbons (Fsp3) is 0.214. The van der Waals surface area contributed by atoms with Crippen molar-refractivity contribution < 1.29 is 14.1 Å². The number of para-hydroxylation sites is 1. The van der Waals surface area contributed by atoms with Crippen molar-refractivity contribution in [1.29, 1.82) is 0 Å². The van der Waals surface area contributed by atoms with Gasteiger partial charge >= 0.3 is 0 Å². The highest BCUT2D eigenvalue weighted by atomic mass is 16.5. The standard InChI is InChI=1S/C14H12N2O3/c1-8-4-3-5-11-12(8)16(14(18)13(11)17)7-10-6-9(2)15-19-10/h3-6H,7H2,1-2H3. The molecular formula is C14H12N2O3. The molecule has 3 rings (SSSR count). The van der Waals surface area contributed by atoms with Crippen LogP contribution >= 0.6 is 0 Å². The second kappa shape index (κ2) is 4.05. The van der Waals surface area contributed by atoms with Crippen LogP contribution in [0, 0.1) is 13.8 Å². The third kappa shape index (κ3) is 1.74. The van der Waals surface area contributed by atoms with Gasteiger partial charge in [0.05, 0.1) is 23.5 Å². The first-order chi connectivity index (χ1) is 9.08. The van der Waals surface area contributed by atoms with Gasteiger partial charge < -0.3 is 4.52 Å². The predicted octanol–water partition coefficient (Wildman–Crippen LogP) is 2.02. The molecule has 0 bridgehead atoms. The van der Waals surface area contributed by atoms with E-state index in [1.807, 2.05) is 19.9 Å². The number of Topliss-reactive ketones (excluding diaryl/α,β-unsaturated/α-hetero) is 1. The van der Waals surface area contributed by atoms with Gasteiger partial charge in [-0.2, -0.15) is 0 Å². The van der Waals surface area contributed by atoms with E-state index in [4.69, 9.17) is 4.52 Å². The first-order valence-electron chi connectivity index (χ1n) is 5.96. The number of hydrogen-bond donors (Lipinski definition) is 0. The number of anilines is 1. The van der Waals surface area contributed by atoms with E-state index < -0.39 is 11.7 Å². The molecule has 96 valence electrons. The van der Waals surface area contributed by atoms with Crippen molar-refractivity contribution in [3.05, 3.63) is 46.8 Å². The molecule has 0 aliphatic carbocycles. The Kier molecular flexibility index (Phi) is 2.48. The largest absolute Gasteiger partial charge is 0.359 e. The fourth-order valence-corrected chi connectivity index (χ4v) is 2.34. The summed E-state index contributed by atoms with van der Waals surface area (Å²) in [5.41, 5.74) is 2.78. The monoisotopic (exact) mass is 256 g/mol. The van der Waals surface area contributed by atoms with Crippen LogP contribution in [-0.4, -0.2) is 16.8 Å². The molecule has 1 aliphatic rings. The minimum Gasteiger partial charge on any atom is -0.359 e. The predicted molar refractivity (Wildman–Crippen MR) is 67.9 cm³/mol. The Morgan fingerprint density at radius 3 is 2.74 bits per heavy atom. The summed E-state index contributed by atoms with van der Waals surface area (Å²) in [6, 6.07) is 7.09. The second-order valence-corrected chi connectivity index (χ2v) is 4.63. The number of nitrogens with zero attached hydrogens (tertiary/aromatic N) is 2. The highest BCUT2D eigenvalue weighted by molar-refractivity contribution is 6.52. The molecule has 1 aromatic carbocycles. The maximum Gasteiger partial charge on any atom is 0.299 e. The third-order valence-electron chi connectivity index (χ3n) is 3.18. The lowest BCUT2D eigenvalue weighted by atomic mass is 10.1. The van der Waals surface area contributed by atoms with E-state index in [1.54, 1.807) is 18.2 Å². The number of amides is 1. The normalized spacial score (nSPS) is 14.1. The zero-order valence-electron chi connectivity index (χ0n) is 10.6. The number of ketones is 1. The molecule has 1 aliphatic heterocycles. The Labute approximate surface area is 109 Å². The van der Waals surface area contributed by atoms with Gasteiger partial charge in [-0.3, -0.25) is 14.5 Å². The van der Waals surface area contributed by atoms with Crippen LogP contribution in [0.4, 0.5) is 5.69 Å². The molecule has 2 heterocycles. The van der Waals surface area contributed by atoms with Gasteiger partial charge in [0.15, 0.2) is 5.76 Å². The van der Waals surface area contributed by atoms with Crippen molar-refractivity contribution in [2.45, 2.75) is 20.4 Å². The van der Waals surface area contributed by atoms with Crippen LogP contribution in [0.1, 0.15) is 27.4 Å². The molecule has 0 radical (unpaired) electrons. The Morgan fingerprint density at radius 2 is 2.05 bits per heavy atom. The van der Waals surface area contributed by atoms with Crippen molar-refractivity contribution in [3.8, 4) is 0 Å². The van der Waals surface area contributed by atoms with Crippen LogP contribution in [-0.2, 0) is 11.3 Å². The van der Waals surface area contributed by atoms with Crippen LogP contribution < -0.4 is 4.90 Å². The quantitative estimate of drug-likeness (QED) is 0.771. The molecule has 5 heteroatoms.